The molecule has 15 heavy (non-hydrogen) atoms. The molecule has 0 bridgehead atoms. The Labute approximate surface area is 102 Å². The summed E-state index contributed by atoms with van der Waals surface area (Å²) in [6.45, 7) is 0. The van der Waals surface area contributed by atoms with Crippen LogP contribution in [0.1, 0.15) is 0 Å². The topological polar surface area (TPSA) is 47.6 Å². The van der Waals surface area contributed by atoms with Crippen LogP contribution >= 0.6 is 22.6 Å². The Morgan fingerprint density at radius 2 is 2.13 bits per heavy atom. The predicted octanol–water partition coefficient (Wildman–Crippen LogP) is 2.08. The number of ether oxygens (including phenoxy) is 2. The van der Waals surface area contributed by atoms with Crippen molar-refractivity contribution in [3.05, 3.63) is 18.2 Å². The van der Waals surface area contributed by atoms with Gasteiger partial charge in [0.05, 0.1) is 24.3 Å². The highest BCUT2D eigenvalue weighted by Crippen LogP contribution is 2.28. The Hall–Kier alpha value is -0.980. The van der Waals surface area contributed by atoms with Gasteiger partial charge >= 0.3 is 0 Å². The summed E-state index contributed by atoms with van der Waals surface area (Å²) in [5, 5.41) is 2.74. The summed E-state index contributed by atoms with van der Waals surface area (Å²) < 4.78 is 10.6. The Bertz CT molecular complexity index is 355. The highest BCUT2D eigenvalue weighted by Gasteiger charge is 2.07. The monoisotopic (exact) mass is 321 g/mol. The van der Waals surface area contributed by atoms with Crippen molar-refractivity contribution in [2.75, 3.05) is 24.0 Å². The summed E-state index contributed by atoms with van der Waals surface area (Å²) in [4.78, 5) is 11.2. The van der Waals surface area contributed by atoms with Gasteiger partial charge in [0.25, 0.3) is 0 Å². The van der Waals surface area contributed by atoms with E-state index in [-0.39, 0.29) is 5.91 Å². The molecule has 1 aromatic carbocycles. The summed E-state index contributed by atoms with van der Waals surface area (Å²) in [6, 6.07) is 5.25. The fourth-order valence-corrected chi connectivity index (χ4v) is 1.28. The van der Waals surface area contributed by atoms with E-state index in [0.29, 0.717) is 21.6 Å². The minimum Gasteiger partial charge on any atom is -0.497 e. The van der Waals surface area contributed by atoms with Gasteiger partial charge in [-0.15, -0.1) is 0 Å². The van der Waals surface area contributed by atoms with Crippen molar-refractivity contribution in [3.63, 3.8) is 0 Å². The first-order valence-corrected chi connectivity index (χ1v) is 5.81. The second-order valence-corrected chi connectivity index (χ2v) is 3.51. The second kappa shape index (κ2) is 5.79. The van der Waals surface area contributed by atoms with E-state index in [9.17, 15) is 4.79 Å². The van der Waals surface area contributed by atoms with E-state index >= 15 is 0 Å². The standard InChI is InChI=1S/C10H12INO3/c1-14-7-3-4-8(9(5-7)15-2)12-10(13)6-11/h3-5H,6H2,1-2H3,(H,12,13). The molecule has 1 N–H and O–H groups in total. The summed E-state index contributed by atoms with van der Waals surface area (Å²) in [5.41, 5.74) is 0.653. The normalized spacial score (nSPS) is 9.53. The first-order valence-electron chi connectivity index (χ1n) is 4.29. The van der Waals surface area contributed by atoms with E-state index in [2.05, 4.69) is 5.32 Å². The molecule has 0 saturated carbocycles. The van der Waals surface area contributed by atoms with Crippen LogP contribution in [-0.2, 0) is 4.79 Å². The van der Waals surface area contributed by atoms with Crippen LogP contribution in [0.2, 0.25) is 0 Å². The first kappa shape index (κ1) is 12.1. The number of rotatable bonds is 4. The van der Waals surface area contributed by atoms with Gasteiger partial charge in [-0.3, -0.25) is 4.79 Å². The van der Waals surface area contributed by atoms with Crippen molar-refractivity contribution in [3.8, 4) is 11.5 Å². The third-order valence-corrected chi connectivity index (χ3v) is 2.50. The molecule has 0 aliphatic rings. The van der Waals surface area contributed by atoms with Crippen molar-refractivity contribution in [1.82, 2.24) is 0 Å². The molecule has 0 saturated heterocycles. The van der Waals surface area contributed by atoms with Gasteiger partial charge in [-0.1, -0.05) is 22.6 Å². The van der Waals surface area contributed by atoms with Crippen molar-refractivity contribution in [2.45, 2.75) is 0 Å². The number of halogens is 1. The molecule has 1 aromatic rings. The molecular weight excluding hydrogens is 309 g/mol. The molecular formula is C10H12INO3. The van der Waals surface area contributed by atoms with E-state index in [0.717, 1.165) is 0 Å². The number of carbonyl (C=O) groups is 1. The molecule has 0 aliphatic heterocycles. The lowest BCUT2D eigenvalue weighted by Crippen LogP contribution is -2.12. The maximum absolute atomic E-state index is 11.2. The van der Waals surface area contributed by atoms with Gasteiger partial charge < -0.3 is 14.8 Å². The lowest BCUT2D eigenvalue weighted by Gasteiger charge is -2.10. The van der Waals surface area contributed by atoms with Crippen LogP contribution < -0.4 is 14.8 Å². The summed E-state index contributed by atoms with van der Waals surface area (Å²) >= 11 is 2.00. The number of carbonyl (C=O) groups excluding carboxylic acids is 1. The van der Waals surface area contributed by atoms with Gasteiger partial charge in [0.15, 0.2) is 0 Å². The predicted molar refractivity (Wildman–Crippen MR) is 67.1 cm³/mol. The number of benzene rings is 1. The van der Waals surface area contributed by atoms with E-state index in [1.165, 1.54) is 0 Å². The Balaban J connectivity index is 2.92. The summed E-state index contributed by atoms with van der Waals surface area (Å²) in [5.74, 6) is 1.23. The Kier molecular flexibility index (Phi) is 4.67. The van der Waals surface area contributed by atoms with Crippen LogP contribution in [0.4, 0.5) is 5.69 Å². The van der Waals surface area contributed by atoms with Crippen LogP contribution in [0.3, 0.4) is 0 Å². The van der Waals surface area contributed by atoms with Crippen LogP contribution in [0, 0.1) is 0 Å². The number of hydrogen-bond acceptors (Lipinski definition) is 3. The van der Waals surface area contributed by atoms with Gasteiger partial charge in [-0.25, -0.2) is 0 Å². The molecule has 1 amide bonds. The molecule has 0 atom stereocenters. The summed E-state index contributed by atoms with van der Waals surface area (Å²) in [6.07, 6.45) is 0. The molecule has 1 rings (SSSR count). The second-order valence-electron chi connectivity index (χ2n) is 2.75. The van der Waals surface area contributed by atoms with Gasteiger partial charge in [0, 0.05) is 6.07 Å². The van der Waals surface area contributed by atoms with E-state index in [4.69, 9.17) is 9.47 Å². The Morgan fingerprint density at radius 1 is 1.40 bits per heavy atom. The first-order chi connectivity index (χ1) is 7.21. The zero-order valence-corrected chi connectivity index (χ0v) is 10.7. The highest BCUT2D eigenvalue weighted by atomic mass is 127. The molecule has 0 spiro atoms. The minimum atomic E-state index is -0.0564. The zero-order valence-electron chi connectivity index (χ0n) is 8.54. The van der Waals surface area contributed by atoms with E-state index in [1.807, 2.05) is 22.6 Å². The minimum absolute atomic E-state index is 0.0564. The third kappa shape index (κ3) is 3.26. The maximum atomic E-state index is 11.2. The fourth-order valence-electron chi connectivity index (χ4n) is 1.09. The average Bonchev–Trinajstić information content (AvgIpc) is 2.29. The molecule has 0 heterocycles. The third-order valence-electron chi connectivity index (χ3n) is 1.80. The molecule has 5 heteroatoms. The number of alkyl halides is 1. The molecule has 0 aromatic heterocycles. The molecule has 0 radical (unpaired) electrons. The number of amides is 1. The lowest BCUT2D eigenvalue weighted by atomic mass is 10.2. The van der Waals surface area contributed by atoms with Crippen LogP contribution in [0.15, 0.2) is 18.2 Å². The lowest BCUT2D eigenvalue weighted by molar-refractivity contribution is -0.113. The summed E-state index contributed by atoms with van der Waals surface area (Å²) in [7, 11) is 3.13. The van der Waals surface area contributed by atoms with Crippen molar-refractivity contribution < 1.29 is 14.3 Å². The number of nitrogens with one attached hydrogen (secondary N) is 1. The number of anilines is 1. The van der Waals surface area contributed by atoms with Gasteiger partial charge in [0.1, 0.15) is 11.5 Å². The molecule has 0 fully saturated rings. The molecule has 0 aliphatic carbocycles. The largest absolute Gasteiger partial charge is 0.497 e. The smallest absolute Gasteiger partial charge is 0.234 e. The van der Waals surface area contributed by atoms with Gasteiger partial charge in [-0.2, -0.15) is 0 Å². The average molecular weight is 321 g/mol. The maximum Gasteiger partial charge on any atom is 0.234 e. The van der Waals surface area contributed by atoms with Crippen molar-refractivity contribution in [1.29, 1.82) is 0 Å². The van der Waals surface area contributed by atoms with Gasteiger partial charge in [-0.05, 0) is 12.1 Å². The van der Waals surface area contributed by atoms with E-state index in [1.54, 1.807) is 32.4 Å². The molecule has 4 nitrogen and oxygen atoms in total. The highest BCUT2D eigenvalue weighted by molar-refractivity contribution is 14.1. The zero-order chi connectivity index (χ0) is 11.3. The van der Waals surface area contributed by atoms with Crippen LogP contribution in [0.5, 0.6) is 11.5 Å². The fraction of sp³-hybridized carbons (Fsp3) is 0.300. The SMILES string of the molecule is COc1ccc(NC(=O)CI)c(OC)c1. The van der Waals surface area contributed by atoms with Crippen LogP contribution in [-0.4, -0.2) is 24.6 Å². The molecule has 0 unspecified atom stereocenters. The number of hydrogen-bond donors (Lipinski definition) is 1. The molecule has 82 valence electrons. The van der Waals surface area contributed by atoms with Crippen molar-refractivity contribution in [2.24, 2.45) is 0 Å². The van der Waals surface area contributed by atoms with Gasteiger partial charge in [0.2, 0.25) is 5.91 Å². The number of methoxy groups -OCH3 is 2. The van der Waals surface area contributed by atoms with E-state index < -0.39 is 0 Å². The Morgan fingerprint density at radius 3 is 2.67 bits per heavy atom. The quantitative estimate of drug-likeness (QED) is 0.682. The van der Waals surface area contributed by atoms with Crippen LogP contribution in [0.25, 0.3) is 0 Å². The van der Waals surface area contributed by atoms with Crippen molar-refractivity contribution >= 4 is 34.2 Å².